The lowest BCUT2D eigenvalue weighted by Crippen LogP contribution is -2.36. The highest BCUT2D eigenvalue weighted by Crippen LogP contribution is 2.12. The van der Waals surface area contributed by atoms with Crippen LogP contribution in [0.25, 0.3) is 0 Å². The average molecular weight is 279 g/mol. The lowest BCUT2D eigenvalue weighted by molar-refractivity contribution is 0.410. The highest BCUT2D eigenvalue weighted by atomic mass is 32.1. The Labute approximate surface area is 115 Å². The third-order valence-electron chi connectivity index (χ3n) is 2.51. The van der Waals surface area contributed by atoms with Gasteiger partial charge in [0.05, 0.1) is 13.1 Å². The van der Waals surface area contributed by atoms with Crippen molar-refractivity contribution in [2.75, 3.05) is 7.05 Å². The van der Waals surface area contributed by atoms with Gasteiger partial charge in [0.1, 0.15) is 17.0 Å². The molecule has 6 nitrogen and oxygen atoms in total. The smallest absolute Gasteiger partial charge is 0.191 e. The minimum absolute atomic E-state index is 0.578. The Hall–Kier alpha value is -1.89. The molecule has 2 aromatic rings. The monoisotopic (exact) mass is 279 g/mol. The maximum absolute atomic E-state index is 4.77. The van der Waals surface area contributed by atoms with Crippen molar-refractivity contribution in [1.82, 2.24) is 20.8 Å². The molecule has 0 atom stereocenters. The van der Waals surface area contributed by atoms with Crippen LogP contribution in [0.2, 0.25) is 0 Å². The average Bonchev–Trinajstić information content (AvgIpc) is 3.10. The summed E-state index contributed by atoms with van der Waals surface area (Å²) < 4.78 is 4.77. The molecule has 0 spiro atoms. The van der Waals surface area contributed by atoms with Gasteiger partial charge in [-0.05, 0) is 6.42 Å². The van der Waals surface area contributed by atoms with Crippen molar-refractivity contribution in [3.05, 3.63) is 34.1 Å². The topological polar surface area (TPSA) is 75.3 Å². The molecule has 0 amide bonds. The lowest BCUT2D eigenvalue weighted by atomic mass is 10.4. The molecule has 0 radical (unpaired) electrons. The molecule has 2 aromatic heterocycles. The number of thiazole rings is 1. The van der Waals surface area contributed by atoms with Gasteiger partial charge >= 0.3 is 0 Å². The molecule has 2 N–H and O–H groups in total. The number of hydrogen-bond acceptors (Lipinski definition) is 5. The van der Waals surface area contributed by atoms with Crippen LogP contribution >= 0.6 is 11.3 Å². The zero-order valence-corrected chi connectivity index (χ0v) is 11.8. The van der Waals surface area contributed by atoms with Crippen LogP contribution in [0, 0.1) is 0 Å². The van der Waals surface area contributed by atoms with Crippen LogP contribution in [0.3, 0.4) is 0 Å². The van der Waals surface area contributed by atoms with Gasteiger partial charge < -0.3 is 15.2 Å². The number of aromatic nitrogens is 2. The van der Waals surface area contributed by atoms with Gasteiger partial charge in [0.2, 0.25) is 0 Å². The molecule has 0 bridgehead atoms. The summed E-state index contributed by atoms with van der Waals surface area (Å²) >= 11 is 1.72. The molecule has 19 heavy (non-hydrogen) atoms. The third-order valence-corrected chi connectivity index (χ3v) is 3.65. The molecule has 0 aliphatic carbocycles. The molecule has 2 rings (SSSR count). The van der Waals surface area contributed by atoms with Crippen molar-refractivity contribution in [1.29, 1.82) is 0 Å². The number of rotatable bonds is 5. The van der Waals surface area contributed by atoms with Crippen molar-refractivity contribution >= 4 is 17.3 Å². The summed E-state index contributed by atoms with van der Waals surface area (Å²) in [5.41, 5.74) is 0.838. The van der Waals surface area contributed by atoms with Gasteiger partial charge in [-0.25, -0.2) is 4.98 Å². The van der Waals surface area contributed by atoms with E-state index < -0.39 is 0 Å². The molecule has 0 aliphatic rings. The van der Waals surface area contributed by atoms with E-state index in [4.69, 9.17) is 4.52 Å². The van der Waals surface area contributed by atoms with Crippen molar-refractivity contribution in [2.45, 2.75) is 26.4 Å². The molecule has 0 aromatic carbocycles. The number of nitrogens with one attached hydrogen (secondary N) is 2. The Balaban J connectivity index is 1.79. The normalized spacial score (nSPS) is 11.6. The Kier molecular flexibility index (Phi) is 4.91. The molecule has 0 aliphatic heterocycles. The molecule has 0 unspecified atom stereocenters. The van der Waals surface area contributed by atoms with Crippen LogP contribution in [0.5, 0.6) is 0 Å². The first kappa shape index (κ1) is 13.5. The summed E-state index contributed by atoms with van der Waals surface area (Å²) in [5, 5.41) is 11.3. The number of hydrogen-bond donors (Lipinski definition) is 2. The van der Waals surface area contributed by atoms with Gasteiger partial charge in [-0.15, -0.1) is 11.3 Å². The summed E-state index contributed by atoms with van der Waals surface area (Å²) in [6, 6.07) is 1.81. The van der Waals surface area contributed by atoms with Crippen LogP contribution < -0.4 is 10.6 Å². The highest BCUT2D eigenvalue weighted by Gasteiger charge is 2.03. The number of nitrogens with zero attached hydrogens (tertiary/aromatic N) is 3. The van der Waals surface area contributed by atoms with E-state index in [1.165, 1.54) is 4.88 Å². The Morgan fingerprint density at radius 2 is 2.26 bits per heavy atom. The van der Waals surface area contributed by atoms with Gasteiger partial charge in [-0.1, -0.05) is 12.1 Å². The highest BCUT2D eigenvalue weighted by molar-refractivity contribution is 7.11. The molecule has 102 valence electrons. The first-order valence-corrected chi connectivity index (χ1v) is 6.90. The maximum Gasteiger partial charge on any atom is 0.191 e. The second-order valence-electron chi connectivity index (χ2n) is 3.84. The molecular formula is C12H17N5OS. The Morgan fingerprint density at radius 1 is 1.42 bits per heavy atom. The molecule has 0 saturated heterocycles. The predicted molar refractivity (Wildman–Crippen MR) is 75.0 cm³/mol. The van der Waals surface area contributed by atoms with E-state index in [9.17, 15) is 0 Å². The van der Waals surface area contributed by atoms with Crippen molar-refractivity contribution in [3.8, 4) is 0 Å². The fourth-order valence-corrected chi connectivity index (χ4v) is 2.28. The Bertz CT molecular complexity index is 520. The van der Waals surface area contributed by atoms with E-state index in [2.05, 4.69) is 32.7 Å². The van der Waals surface area contributed by atoms with Crippen LogP contribution in [0.4, 0.5) is 0 Å². The summed E-state index contributed by atoms with van der Waals surface area (Å²) in [6.07, 6.45) is 4.50. The van der Waals surface area contributed by atoms with Crippen molar-refractivity contribution in [2.24, 2.45) is 4.99 Å². The molecular weight excluding hydrogens is 262 g/mol. The van der Waals surface area contributed by atoms with Gasteiger partial charge in [0, 0.05) is 24.2 Å². The minimum Gasteiger partial charge on any atom is -0.364 e. The van der Waals surface area contributed by atoms with E-state index in [0.29, 0.717) is 13.1 Å². The van der Waals surface area contributed by atoms with Gasteiger partial charge in [0.15, 0.2) is 5.96 Å². The van der Waals surface area contributed by atoms with Gasteiger partial charge in [-0.3, -0.25) is 4.99 Å². The van der Waals surface area contributed by atoms with Crippen LogP contribution in [0.1, 0.15) is 22.5 Å². The first-order valence-electron chi connectivity index (χ1n) is 6.09. The van der Waals surface area contributed by atoms with Crippen LogP contribution in [0.15, 0.2) is 28.0 Å². The summed E-state index contributed by atoms with van der Waals surface area (Å²) in [7, 11) is 1.73. The second kappa shape index (κ2) is 6.89. The van der Waals surface area contributed by atoms with E-state index in [1.807, 2.05) is 12.3 Å². The van der Waals surface area contributed by atoms with E-state index in [0.717, 1.165) is 23.1 Å². The van der Waals surface area contributed by atoms with Gasteiger partial charge in [0.25, 0.3) is 0 Å². The van der Waals surface area contributed by atoms with E-state index >= 15 is 0 Å². The fourth-order valence-electron chi connectivity index (χ4n) is 1.48. The molecule has 0 fully saturated rings. The lowest BCUT2D eigenvalue weighted by Gasteiger charge is -2.09. The SMILES string of the molecule is CCc1cnc(CNC(=NC)NCc2ccon2)s1. The first-order chi connectivity index (χ1) is 9.31. The zero-order valence-electron chi connectivity index (χ0n) is 11.0. The number of aryl methyl sites for hydroxylation is 1. The van der Waals surface area contributed by atoms with Crippen molar-refractivity contribution in [3.63, 3.8) is 0 Å². The van der Waals surface area contributed by atoms with E-state index in [-0.39, 0.29) is 0 Å². The summed E-state index contributed by atoms with van der Waals surface area (Å²) in [5.74, 6) is 0.719. The van der Waals surface area contributed by atoms with Crippen LogP contribution in [-0.4, -0.2) is 23.1 Å². The van der Waals surface area contributed by atoms with Crippen LogP contribution in [-0.2, 0) is 19.5 Å². The molecule has 0 saturated carbocycles. The summed E-state index contributed by atoms with van der Waals surface area (Å²) in [6.45, 7) is 3.38. The summed E-state index contributed by atoms with van der Waals surface area (Å²) in [4.78, 5) is 9.79. The van der Waals surface area contributed by atoms with Crippen molar-refractivity contribution < 1.29 is 4.52 Å². The molecule has 2 heterocycles. The standard InChI is InChI=1S/C12H17N5OS/c1-3-10-7-14-11(19-10)8-16-12(13-2)15-6-9-4-5-18-17-9/h4-5,7H,3,6,8H2,1-2H3,(H2,13,15,16). The van der Waals surface area contributed by atoms with Gasteiger partial charge in [-0.2, -0.15) is 0 Å². The third kappa shape index (κ3) is 4.06. The second-order valence-corrected chi connectivity index (χ2v) is 5.04. The zero-order chi connectivity index (χ0) is 13.5. The fraction of sp³-hybridized carbons (Fsp3) is 0.417. The number of guanidine groups is 1. The van der Waals surface area contributed by atoms with E-state index in [1.54, 1.807) is 24.6 Å². The molecule has 7 heteroatoms. The maximum atomic E-state index is 4.77. The quantitative estimate of drug-likeness (QED) is 0.641. The Morgan fingerprint density at radius 3 is 2.89 bits per heavy atom. The predicted octanol–water partition coefficient (Wildman–Crippen LogP) is 1.56. The largest absolute Gasteiger partial charge is 0.364 e. The number of aliphatic imine (C=N–C) groups is 1. The minimum atomic E-state index is 0.578.